The van der Waals surface area contributed by atoms with Gasteiger partial charge >= 0.3 is 0 Å². The van der Waals surface area contributed by atoms with E-state index in [0.717, 1.165) is 34.8 Å². The van der Waals surface area contributed by atoms with E-state index in [0.29, 0.717) is 11.9 Å². The minimum absolute atomic E-state index is 0.0733. The van der Waals surface area contributed by atoms with Crippen LogP contribution in [-0.4, -0.2) is 19.9 Å². The SMILES string of the molecule is Cc1cc(-c2nnc(CO)n2C2CC2)ccc1Cl. The number of benzene rings is 1. The van der Waals surface area contributed by atoms with E-state index in [1.54, 1.807) is 0 Å². The molecule has 0 amide bonds. The van der Waals surface area contributed by atoms with Crippen molar-refractivity contribution < 1.29 is 5.11 Å². The molecule has 1 aliphatic carbocycles. The lowest BCUT2D eigenvalue weighted by atomic mass is 10.1. The van der Waals surface area contributed by atoms with Gasteiger partial charge < -0.3 is 9.67 Å². The summed E-state index contributed by atoms with van der Waals surface area (Å²) < 4.78 is 2.04. The molecule has 0 saturated heterocycles. The Morgan fingerprint density at radius 3 is 2.78 bits per heavy atom. The third kappa shape index (κ3) is 1.91. The first-order chi connectivity index (χ1) is 8.70. The molecule has 0 bridgehead atoms. The molecule has 1 fully saturated rings. The Hall–Kier alpha value is -1.39. The van der Waals surface area contributed by atoms with Crippen LogP contribution < -0.4 is 0 Å². The Balaban J connectivity index is 2.10. The van der Waals surface area contributed by atoms with Gasteiger partial charge in [-0.05, 0) is 43.5 Å². The third-order valence-electron chi connectivity index (χ3n) is 3.24. The molecule has 4 nitrogen and oxygen atoms in total. The predicted octanol–water partition coefficient (Wildman–Crippen LogP) is 2.73. The fraction of sp³-hybridized carbons (Fsp3) is 0.385. The largest absolute Gasteiger partial charge is 0.388 e. The van der Waals surface area contributed by atoms with Crippen molar-refractivity contribution >= 4 is 11.6 Å². The van der Waals surface area contributed by atoms with Crippen LogP contribution in [0.25, 0.3) is 11.4 Å². The van der Waals surface area contributed by atoms with Crippen molar-refractivity contribution in [3.05, 3.63) is 34.6 Å². The molecule has 0 unspecified atom stereocenters. The Labute approximate surface area is 110 Å². The number of hydrogen-bond acceptors (Lipinski definition) is 3. The van der Waals surface area contributed by atoms with Crippen molar-refractivity contribution in [1.82, 2.24) is 14.8 Å². The number of aliphatic hydroxyl groups is 1. The highest BCUT2D eigenvalue weighted by Gasteiger charge is 2.29. The minimum Gasteiger partial charge on any atom is -0.388 e. The molecule has 3 rings (SSSR count). The topological polar surface area (TPSA) is 50.9 Å². The predicted molar refractivity (Wildman–Crippen MR) is 69.4 cm³/mol. The molecule has 1 aliphatic rings. The van der Waals surface area contributed by atoms with E-state index in [4.69, 9.17) is 11.6 Å². The van der Waals surface area contributed by atoms with Gasteiger partial charge in [0.2, 0.25) is 0 Å². The lowest BCUT2D eigenvalue weighted by molar-refractivity contribution is 0.265. The first kappa shape index (κ1) is 11.7. The zero-order chi connectivity index (χ0) is 12.7. The summed E-state index contributed by atoms with van der Waals surface area (Å²) in [7, 11) is 0. The van der Waals surface area contributed by atoms with Crippen molar-refractivity contribution in [3.8, 4) is 11.4 Å². The first-order valence-corrected chi connectivity index (χ1v) is 6.39. The molecular formula is C13H14ClN3O. The van der Waals surface area contributed by atoms with E-state index in [2.05, 4.69) is 10.2 Å². The minimum atomic E-state index is -0.0733. The summed E-state index contributed by atoms with van der Waals surface area (Å²) in [6.45, 7) is 1.90. The summed E-state index contributed by atoms with van der Waals surface area (Å²) in [6, 6.07) is 6.26. The summed E-state index contributed by atoms with van der Waals surface area (Å²) >= 11 is 6.03. The lowest BCUT2D eigenvalue weighted by Gasteiger charge is -2.08. The van der Waals surface area contributed by atoms with E-state index in [9.17, 15) is 5.11 Å². The van der Waals surface area contributed by atoms with E-state index < -0.39 is 0 Å². The van der Waals surface area contributed by atoms with Crippen molar-refractivity contribution in [2.45, 2.75) is 32.4 Å². The quantitative estimate of drug-likeness (QED) is 0.926. The van der Waals surface area contributed by atoms with Gasteiger partial charge in [-0.2, -0.15) is 0 Å². The monoisotopic (exact) mass is 263 g/mol. The normalized spacial score (nSPS) is 15.1. The molecule has 0 aliphatic heterocycles. The van der Waals surface area contributed by atoms with Gasteiger partial charge in [0.1, 0.15) is 6.61 Å². The Bertz CT molecular complexity index is 590. The molecule has 18 heavy (non-hydrogen) atoms. The van der Waals surface area contributed by atoms with Gasteiger partial charge in [0.15, 0.2) is 11.6 Å². The van der Waals surface area contributed by atoms with Crippen LogP contribution in [0.3, 0.4) is 0 Å². The zero-order valence-corrected chi connectivity index (χ0v) is 10.9. The van der Waals surface area contributed by atoms with Crippen molar-refractivity contribution in [2.75, 3.05) is 0 Å². The van der Waals surface area contributed by atoms with Gasteiger partial charge in [0, 0.05) is 16.6 Å². The number of aryl methyl sites for hydroxylation is 1. The molecule has 5 heteroatoms. The number of nitrogens with zero attached hydrogens (tertiary/aromatic N) is 3. The summed E-state index contributed by atoms with van der Waals surface area (Å²) in [4.78, 5) is 0. The van der Waals surface area contributed by atoms with Crippen LogP contribution in [0.1, 0.15) is 30.3 Å². The Morgan fingerprint density at radius 2 is 2.17 bits per heavy atom. The van der Waals surface area contributed by atoms with Gasteiger partial charge in [-0.3, -0.25) is 0 Å². The molecule has 0 spiro atoms. The molecule has 94 valence electrons. The highest BCUT2D eigenvalue weighted by Crippen LogP contribution is 2.39. The average Bonchev–Trinajstić information content (AvgIpc) is 3.12. The molecule has 1 N–H and O–H groups in total. The number of rotatable bonds is 3. The van der Waals surface area contributed by atoms with Crippen molar-refractivity contribution in [2.24, 2.45) is 0 Å². The summed E-state index contributed by atoms with van der Waals surface area (Å²) in [5.41, 5.74) is 2.01. The molecule has 1 heterocycles. The maximum absolute atomic E-state index is 9.31. The van der Waals surface area contributed by atoms with E-state index in [-0.39, 0.29) is 6.61 Å². The standard InChI is InChI=1S/C13H14ClN3O/c1-8-6-9(2-5-11(8)14)13-16-15-12(7-18)17(13)10-3-4-10/h2,5-6,10,18H,3-4,7H2,1H3. The second kappa shape index (κ2) is 4.37. The van der Waals surface area contributed by atoms with Crippen LogP contribution in [0.15, 0.2) is 18.2 Å². The fourth-order valence-electron chi connectivity index (χ4n) is 2.13. The summed E-state index contributed by atoms with van der Waals surface area (Å²) in [5.74, 6) is 1.46. The van der Waals surface area contributed by atoms with Crippen molar-refractivity contribution in [3.63, 3.8) is 0 Å². The first-order valence-electron chi connectivity index (χ1n) is 6.02. The van der Waals surface area contributed by atoms with Crippen LogP contribution in [0, 0.1) is 6.92 Å². The molecule has 2 aromatic rings. The van der Waals surface area contributed by atoms with Gasteiger partial charge in [-0.25, -0.2) is 0 Å². The maximum atomic E-state index is 9.31. The molecule has 1 aromatic carbocycles. The second-order valence-electron chi connectivity index (χ2n) is 4.66. The highest BCUT2D eigenvalue weighted by molar-refractivity contribution is 6.31. The smallest absolute Gasteiger partial charge is 0.164 e. The fourth-order valence-corrected chi connectivity index (χ4v) is 2.25. The summed E-state index contributed by atoms with van der Waals surface area (Å²) in [6.07, 6.45) is 2.26. The molecular weight excluding hydrogens is 250 g/mol. The zero-order valence-electron chi connectivity index (χ0n) is 10.1. The summed E-state index contributed by atoms with van der Waals surface area (Å²) in [5, 5.41) is 18.3. The number of halogens is 1. The van der Waals surface area contributed by atoms with Gasteiger partial charge in [-0.1, -0.05) is 11.6 Å². The average molecular weight is 264 g/mol. The van der Waals surface area contributed by atoms with Crippen molar-refractivity contribution in [1.29, 1.82) is 0 Å². The second-order valence-corrected chi connectivity index (χ2v) is 5.07. The van der Waals surface area contributed by atoms with Crippen LogP contribution in [0.5, 0.6) is 0 Å². The third-order valence-corrected chi connectivity index (χ3v) is 3.66. The van der Waals surface area contributed by atoms with Crippen LogP contribution in [0.2, 0.25) is 5.02 Å². The van der Waals surface area contributed by atoms with Gasteiger partial charge in [-0.15, -0.1) is 10.2 Å². The number of aliphatic hydroxyl groups excluding tert-OH is 1. The number of aromatic nitrogens is 3. The highest BCUT2D eigenvalue weighted by atomic mass is 35.5. The maximum Gasteiger partial charge on any atom is 0.164 e. The van der Waals surface area contributed by atoms with Crippen LogP contribution in [0.4, 0.5) is 0 Å². The lowest BCUT2D eigenvalue weighted by Crippen LogP contribution is -2.03. The molecule has 0 radical (unpaired) electrons. The Morgan fingerprint density at radius 1 is 1.39 bits per heavy atom. The van der Waals surface area contributed by atoms with Gasteiger partial charge in [0.05, 0.1) is 0 Å². The van der Waals surface area contributed by atoms with E-state index >= 15 is 0 Å². The van der Waals surface area contributed by atoms with E-state index in [1.807, 2.05) is 29.7 Å². The van der Waals surface area contributed by atoms with Gasteiger partial charge in [0.25, 0.3) is 0 Å². The molecule has 1 saturated carbocycles. The Kier molecular flexibility index (Phi) is 2.84. The number of hydrogen-bond donors (Lipinski definition) is 1. The molecule has 0 atom stereocenters. The van der Waals surface area contributed by atoms with E-state index in [1.165, 1.54) is 0 Å². The molecule has 1 aromatic heterocycles. The van der Waals surface area contributed by atoms with Crippen LogP contribution >= 0.6 is 11.6 Å². The van der Waals surface area contributed by atoms with Crippen LogP contribution in [-0.2, 0) is 6.61 Å².